The summed E-state index contributed by atoms with van der Waals surface area (Å²) in [7, 11) is -2.29. The Hall–Kier alpha value is -3.36. The van der Waals surface area contributed by atoms with Crippen molar-refractivity contribution in [3.8, 4) is 0 Å². The standard InChI is InChI=1S/C29H34ClN3O4S/c1-21(2)24-13-15-26(16-14-24)33(38(4,36)37)20-28(34)32(19-23-11-8-12-25(30)17-23)27(29(35)31-3)18-22-9-6-5-7-10-22/h5-17,21,27H,18-20H2,1-4H3,(H,31,35). The van der Waals surface area contributed by atoms with Gasteiger partial charge in [0.25, 0.3) is 0 Å². The number of carbonyl (C=O) groups is 2. The summed E-state index contributed by atoms with van der Waals surface area (Å²) in [5.74, 6) is -0.582. The van der Waals surface area contributed by atoms with Crippen molar-refractivity contribution in [2.24, 2.45) is 0 Å². The fraction of sp³-hybridized carbons (Fsp3) is 0.310. The Morgan fingerprint density at radius 2 is 1.55 bits per heavy atom. The first kappa shape index (κ1) is 29.2. The molecule has 0 aliphatic carbocycles. The highest BCUT2D eigenvalue weighted by Crippen LogP contribution is 2.23. The predicted molar refractivity (Wildman–Crippen MR) is 153 cm³/mol. The fourth-order valence-corrected chi connectivity index (χ4v) is 5.25. The molecule has 3 rings (SSSR count). The zero-order valence-electron chi connectivity index (χ0n) is 22.1. The first-order chi connectivity index (χ1) is 18.0. The van der Waals surface area contributed by atoms with Crippen LogP contribution in [-0.4, -0.2) is 51.0 Å². The van der Waals surface area contributed by atoms with E-state index in [0.717, 1.165) is 27.3 Å². The van der Waals surface area contributed by atoms with Gasteiger partial charge in [0.05, 0.1) is 11.9 Å². The number of amides is 2. The summed E-state index contributed by atoms with van der Waals surface area (Å²) in [6.45, 7) is 3.72. The number of likely N-dealkylation sites (N-methyl/N-ethyl adjacent to an activating group) is 1. The summed E-state index contributed by atoms with van der Waals surface area (Å²) in [5.41, 5.74) is 3.03. The number of hydrogen-bond donors (Lipinski definition) is 1. The lowest BCUT2D eigenvalue weighted by Gasteiger charge is -2.33. The molecule has 2 amide bonds. The second-order valence-electron chi connectivity index (χ2n) is 9.49. The van der Waals surface area contributed by atoms with Gasteiger partial charge in [-0.1, -0.05) is 80.0 Å². The van der Waals surface area contributed by atoms with Gasteiger partial charge in [-0.15, -0.1) is 0 Å². The van der Waals surface area contributed by atoms with Crippen molar-refractivity contribution in [1.82, 2.24) is 10.2 Å². The quantitative estimate of drug-likeness (QED) is 0.374. The van der Waals surface area contributed by atoms with Crippen LogP contribution in [-0.2, 0) is 32.6 Å². The van der Waals surface area contributed by atoms with Crippen LogP contribution < -0.4 is 9.62 Å². The molecule has 0 spiro atoms. The first-order valence-corrected chi connectivity index (χ1v) is 14.6. The second-order valence-corrected chi connectivity index (χ2v) is 11.8. The van der Waals surface area contributed by atoms with E-state index >= 15 is 0 Å². The minimum absolute atomic E-state index is 0.0776. The van der Waals surface area contributed by atoms with Gasteiger partial charge in [-0.2, -0.15) is 0 Å². The molecule has 0 heterocycles. The van der Waals surface area contributed by atoms with Crippen LogP contribution in [0.2, 0.25) is 5.02 Å². The number of halogens is 1. The number of nitrogens with one attached hydrogen (secondary N) is 1. The van der Waals surface area contributed by atoms with E-state index in [1.807, 2.05) is 62.4 Å². The molecule has 1 atom stereocenters. The summed E-state index contributed by atoms with van der Waals surface area (Å²) in [4.78, 5) is 28.4. The molecule has 0 radical (unpaired) electrons. The van der Waals surface area contributed by atoms with Gasteiger partial charge in [0.15, 0.2) is 0 Å². The van der Waals surface area contributed by atoms with E-state index in [1.165, 1.54) is 11.9 Å². The summed E-state index contributed by atoms with van der Waals surface area (Å²) >= 11 is 6.20. The van der Waals surface area contributed by atoms with Crippen LogP contribution in [0.25, 0.3) is 0 Å². The van der Waals surface area contributed by atoms with Crippen LogP contribution in [0.5, 0.6) is 0 Å². The van der Waals surface area contributed by atoms with Gasteiger partial charge < -0.3 is 10.2 Å². The predicted octanol–water partition coefficient (Wildman–Crippen LogP) is 4.62. The van der Waals surface area contributed by atoms with E-state index in [0.29, 0.717) is 10.7 Å². The third-order valence-corrected chi connectivity index (χ3v) is 7.66. The van der Waals surface area contributed by atoms with E-state index < -0.39 is 28.5 Å². The molecule has 38 heavy (non-hydrogen) atoms. The monoisotopic (exact) mass is 555 g/mol. The molecule has 0 aliphatic heterocycles. The maximum Gasteiger partial charge on any atom is 0.244 e. The van der Waals surface area contributed by atoms with Gasteiger partial charge in [0, 0.05) is 25.0 Å². The number of hydrogen-bond acceptors (Lipinski definition) is 4. The van der Waals surface area contributed by atoms with E-state index in [-0.39, 0.29) is 24.8 Å². The SMILES string of the molecule is CNC(=O)C(Cc1ccccc1)N(Cc1cccc(Cl)c1)C(=O)CN(c1ccc(C(C)C)cc1)S(C)(=O)=O. The largest absolute Gasteiger partial charge is 0.357 e. The molecule has 0 aliphatic rings. The summed E-state index contributed by atoms with van der Waals surface area (Å²) in [6, 6.07) is 22.7. The molecule has 202 valence electrons. The van der Waals surface area contributed by atoms with Crippen molar-refractivity contribution in [1.29, 1.82) is 0 Å². The smallest absolute Gasteiger partial charge is 0.244 e. The minimum atomic E-state index is -3.81. The molecule has 0 saturated heterocycles. The highest BCUT2D eigenvalue weighted by Gasteiger charge is 2.32. The third-order valence-electron chi connectivity index (χ3n) is 6.29. The lowest BCUT2D eigenvalue weighted by Crippen LogP contribution is -2.52. The maximum absolute atomic E-state index is 13.9. The Kier molecular flexibility index (Phi) is 9.94. The van der Waals surface area contributed by atoms with Crippen LogP contribution >= 0.6 is 11.6 Å². The number of sulfonamides is 1. The Morgan fingerprint density at radius 3 is 2.11 bits per heavy atom. The van der Waals surface area contributed by atoms with E-state index in [2.05, 4.69) is 5.32 Å². The Morgan fingerprint density at radius 1 is 0.921 bits per heavy atom. The molecule has 0 fully saturated rings. The number of benzene rings is 3. The number of anilines is 1. The van der Waals surface area contributed by atoms with Crippen LogP contribution in [0.1, 0.15) is 36.5 Å². The second kappa shape index (κ2) is 12.9. The summed E-state index contributed by atoms with van der Waals surface area (Å²) in [6.07, 6.45) is 1.33. The molecular formula is C29H34ClN3O4S. The molecule has 3 aromatic carbocycles. The van der Waals surface area contributed by atoms with Gasteiger partial charge in [-0.3, -0.25) is 13.9 Å². The lowest BCUT2D eigenvalue weighted by molar-refractivity contribution is -0.139. The van der Waals surface area contributed by atoms with Crippen molar-refractivity contribution in [3.63, 3.8) is 0 Å². The van der Waals surface area contributed by atoms with Crippen LogP contribution in [0.4, 0.5) is 5.69 Å². The van der Waals surface area contributed by atoms with Gasteiger partial charge >= 0.3 is 0 Å². The highest BCUT2D eigenvalue weighted by molar-refractivity contribution is 7.92. The van der Waals surface area contributed by atoms with Crippen molar-refractivity contribution in [3.05, 3.63) is 101 Å². The molecule has 0 aromatic heterocycles. The van der Waals surface area contributed by atoms with Crippen molar-refractivity contribution in [2.45, 2.75) is 38.8 Å². The first-order valence-electron chi connectivity index (χ1n) is 12.4. The van der Waals surface area contributed by atoms with Gasteiger partial charge in [-0.25, -0.2) is 8.42 Å². The number of carbonyl (C=O) groups excluding carboxylic acids is 2. The van der Waals surface area contributed by atoms with Gasteiger partial charge in [-0.05, 0) is 46.9 Å². The molecule has 9 heteroatoms. The van der Waals surface area contributed by atoms with E-state index in [1.54, 1.807) is 30.3 Å². The molecule has 1 N–H and O–H groups in total. The molecular weight excluding hydrogens is 522 g/mol. The molecule has 3 aromatic rings. The summed E-state index contributed by atoms with van der Waals surface area (Å²) in [5, 5.41) is 3.16. The third kappa shape index (κ3) is 7.82. The fourth-order valence-electron chi connectivity index (χ4n) is 4.19. The lowest BCUT2D eigenvalue weighted by atomic mass is 10.0. The topological polar surface area (TPSA) is 86.8 Å². The van der Waals surface area contributed by atoms with E-state index in [4.69, 9.17) is 11.6 Å². The Balaban J connectivity index is 2.01. The normalized spacial score (nSPS) is 12.2. The van der Waals surface area contributed by atoms with Crippen molar-refractivity contribution < 1.29 is 18.0 Å². The van der Waals surface area contributed by atoms with E-state index in [9.17, 15) is 18.0 Å². The molecule has 7 nitrogen and oxygen atoms in total. The maximum atomic E-state index is 13.9. The average molecular weight is 556 g/mol. The highest BCUT2D eigenvalue weighted by atomic mass is 35.5. The molecule has 1 unspecified atom stereocenters. The number of nitrogens with zero attached hydrogens (tertiary/aromatic N) is 2. The van der Waals surface area contributed by atoms with Crippen molar-refractivity contribution in [2.75, 3.05) is 24.2 Å². The molecule has 0 saturated carbocycles. The van der Waals surface area contributed by atoms with Crippen LogP contribution in [0, 0.1) is 0 Å². The van der Waals surface area contributed by atoms with Crippen LogP contribution in [0.15, 0.2) is 78.9 Å². The minimum Gasteiger partial charge on any atom is -0.357 e. The Bertz CT molecular complexity index is 1350. The van der Waals surface area contributed by atoms with Gasteiger partial charge in [0.2, 0.25) is 21.8 Å². The average Bonchev–Trinajstić information content (AvgIpc) is 2.88. The zero-order chi connectivity index (χ0) is 27.9. The Labute approximate surface area is 230 Å². The summed E-state index contributed by atoms with van der Waals surface area (Å²) < 4.78 is 26.7. The molecule has 0 bridgehead atoms. The van der Waals surface area contributed by atoms with Gasteiger partial charge in [0.1, 0.15) is 12.6 Å². The van der Waals surface area contributed by atoms with Crippen molar-refractivity contribution >= 4 is 39.1 Å². The zero-order valence-corrected chi connectivity index (χ0v) is 23.7. The number of rotatable bonds is 11. The van der Waals surface area contributed by atoms with Crippen LogP contribution in [0.3, 0.4) is 0 Å².